The summed E-state index contributed by atoms with van der Waals surface area (Å²) in [6.45, 7) is 7.32. The summed E-state index contributed by atoms with van der Waals surface area (Å²) < 4.78 is 5.70. The van der Waals surface area contributed by atoms with Gasteiger partial charge in [0.1, 0.15) is 0 Å². The molecule has 0 heterocycles. The van der Waals surface area contributed by atoms with Crippen LogP contribution in [0.3, 0.4) is 0 Å². The maximum atomic E-state index is 5.70. The fraction of sp³-hybridized carbons (Fsp3) is 1.00. The van der Waals surface area contributed by atoms with Gasteiger partial charge in [0, 0.05) is 7.11 Å². The maximum Gasteiger partial charge on any atom is 0.0604 e. The van der Waals surface area contributed by atoms with E-state index in [2.05, 4.69) is 20.8 Å². The standard InChI is InChI=1S/C14H26O/c1-10(2)11-7-8-12-13(15-4)6-5-9-14(11,12)3/h10-13H,5-9H2,1-4H3. The molecule has 0 saturated heterocycles. The van der Waals surface area contributed by atoms with Gasteiger partial charge in [-0.15, -0.1) is 0 Å². The van der Waals surface area contributed by atoms with E-state index in [-0.39, 0.29) is 0 Å². The van der Waals surface area contributed by atoms with Crippen molar-refractivity contribution in [3.63, 3.8) is 0 Å². The summed E-state index contributed by atoms with van der Waals surface area (Å²) in [6.07, 6.45) is 7.47. The Balaban J connectivity index is 2.19. The summed E-state index contributed by atoms with van der Waals surface area (Å²) in [5, 5.41) is 0. The van der Waals surface area contributed by atoms with Crippen LogP contribution in [-0.4, -0.2) is 13.2 Å². The van der Waals surface area contributed by atoms with Crippen LogP contribution >= 0.6 is 0 Å². The Hall–Kier alpha value is -0.0400. The van der Waals surface area contributed by atoms with Crippen LogP contribution in [0.25, 0.3) is 0 Å². The lowest BCUT2D eigenvalue weighted by atomic mass is 9.62. The van der Waals surface area contributed by atoms with Gasteiger partial charge in [-0.05, 0) is 48.9 Å². The number of ether oxygens (including phenoxy) is 1. The normalized spacial score (nSPS) is 45.8. The highest BCUT2D eigenvalue weighted by atomic mass is 16.5. The molecule has 0 aromatic heterocycles. The highest BCUT2D eigenvalue weighted by molar-refractivity contribution is 5.01. The predicted octanol–water partition coefficient (Wildman–Crippen LogP) is 3.87. The van der Waals surface area contributed by atoms with E-state index in [9.17, 15) is 0 Å². The molecule has 1 nitrogen and oxygen atoms in total. The molecule has 2 saturated carbocycles. The minimum absolute atomic E-state index is 0.549. The molecule has 4 unspecified atom stereocenters. The van der Waals surface area contributed by atoms with Crippen LogP contribution in [-0.2, 0) is 4.74 Å². The molecule has 0 spiro atoms. The lowest BCUT2D eigenvalue weighted by Gasteiger charge is -2.45. The van der Waals surface area contributed by atoms with Crippen molar-refractivity contribution in [2.45, 2.75) is 59.0 Å². The third-order valence-electron chi connectivity index (χ3n) is 5.24. The van der Waals surface area contributed by atoms with E-state index in [4.69, 9.17) is 4.74 Å². The molecule has 0 bridgehead atoms. The van der Waals surface area contributed by atoms with Crippen LogP contribution in [0.15, 0.2) is 0 Å². The topological polar surface area (TPSA) is 9.23 Å². The monoisotopic (exact) mass is 210 g/mol. The number of fused-ring (bicyclic) bond motifs is 1. The van der Waals surface area contributed by atoms with Gasteiger partial charge in [-0.2, -0.15) is 0 Å². The Morgan fingerprint density at radius 1 is 1.20 bits per heavy atom. The first-order chi connectivity index (χ1) is 7.09. The zero-order chi connectivity index (χ0) is 11.1. The van der Waals surface area contributed by atoms with E-state index in [1.54, 1.807) is 0 Å². The second-order valence-corrected chi connectivity index (χ2v) is 6.21. The number of methoxy groups -OCH3 is 1. The van der Waals surface area contributed by atoms with Gasteiger partial charge in [-0.1, -0.05) is 27.2 Å². The smallest absolute Gasteiger partial charge is 0.0604 e. The van der Waals surface area contributed by atoms with Crippen molar-refractivity contribution in [2.75, 3.05) is 7.11 Å². The molecule has 15 heavy (non-hydrogen) atoms. The van der Waals surface area contributed by atoms with Gasteiger partial charge in [0.15, 0.2) is 0 Å². The van der Waals surface area contributed by atoms with Crippen molar-refractivity contribution in [3.05, 3.63) is 0 Å². The Bertz CT molecular complexity index is 223. The quantitative estimate of drug-likeness (QED) is 0.672. The van der Waals surface area contributed by atoms with Crippen LogP contribution in [0.1, 0.15) is 52.9 Å². The first kappa shape index (κ1) is 11.4. The molecule has 1 heteroatoms. The average Bonchev–Trinajstić information content (AvgIpc) is 2.54. The van der Waals surface area contributed by atoms with Crippen LogP contribution in [0.5, 0.6) is 0 Å². The third-order valence-corrected chi connectivity index (χ3v) is 5.24. The van der Waals surface area contributed by atoms with Crippen molar-refractivity contribution in [2.24, 2.45) is 23.2 Å². The molecule has 88 valence electrons. The molecule has 4 atom stereocenters. The highest BCUT2D eigenvalue weighted by Crippen LogP contribution is 2.58. The molecule has 0 aliphatic heterocycles. The van der Waals surface area contributed by atoms with Gasteiger partial charge < -0.3 is 4.74 Å². The molecule has 2 fully saturated rings. The summed E-state index contributed by atoms with van der Waals surface area (Å²) in [7, 11) is 1.90. The van der Waals surface area contributed by atoms with E-state index < -0.39 is 0 Å². The lowest BCUT2D eigenvalue weighted by molar-refractivity contribution is -0.0484. The molecule has 0 aromatic carbocycles. The molecule has 0 N–H and O–H groups in total. The van der Waals surface area contributed by atoms with E-state index in [1.807, 2.05) is 7.11 Å². The summed E-state index contributed by atoms with van der Waals surface area (Å²) in [4.78, 5) is 0. The summed E-state index contributed by atoms with van der Waals surface area (Å²) in [5.74, 6) is 2.61. The molecule has 0 radical (unpaired) electrons. The van der Waals surface area contributed by atoms with Gasteiger partial charge >= 0.3 is 0 Å². The van der Waals surface area contributed by atoms with E-state index >= 15 is 0 Å². The largest absolute Gasteiger partial charge is 0.381 e. The molecule has 2 aliphatic carbocycles. The fourth-order valence-corrected chi connectivity index (χ4v) is 4.54. The highest BCUT2D eigenvalue weighted by Gasteiger charge is 2.51. The van der Waals surface area contributed by atoms with E-state index in [0.29, 0.717) is 11.5 Å². The fourth-order valence-electron chi connectivity index (χ4n) is 4.54. The zero-order valence-corrected chi connectivity index (χ0v) is 10.8. The molecule has 0 amide bonds. The molecule has 2 aliphatic rings. The lowest BCUT2D eigenvalue weighted by Crippen LogP contribution is -2.41. The Kier molecular flexibility index (Phi) is 3.12. The maximum absolute atomic E-state index is 5.70. The minimum atomic E-state index is 0.549. The first-order valence-electron chi connectivity index (χ1n) is 6.62. The van der Waals surface area contributed by atoms with Gasteiger partial charge in [-0.3, -0.25) is 0 Å². The van der Waals surface area contributed by atoms with Crippen molar-refractivity contribution in [1.29, 1.82) is 0 Å². The summed E-state index contributed by atoms with van der Waals surface area (Å²) in [6, 6.07) is 0. The Morgan fingerprint density at radius 2 is 1.93 bits per heavy atom. The summed E-state index contributed by atoms with van der Waals surface area (Å²) >= 11 is 0. The van der Waals surface area contributed by atoms with Crippen molar-refractivity contribution in [1.82, 2.24) is 0 Å². The van der Waals surface area contributed by atoms with Crippen molar-refractivity contribution < 1.29 is 4.74 Å². The van der Waals surface area contributed by atoms with Gasteiger partial charge in [0.2, 0.25) is 0 Å². The summed E-state index contributed by atoms with van der Waals surface area (Å²) in [5.41, 5.74) is 0.576. The second-order valence-electron chi connectivity index (χ2n) is 6.21. The van der Waals surface area contributed by atoms with Crippen LogP contribution in [0.4, 0.5) is 0 Å². The van der Waals surface area contributed by atoms with Gasteiger partial charge in [-0.25, -0.2) is 0 Å². The minimum Gasteiger partial charge on any atom is -0.381 e. The molecular weight excluding hydrogens is 184 g/mol. The Labute approximate surface area is 94.6 Å². The van der Waals surface area contributed by atoms with E-state index in [0.717, 1.165) is 17.8 Å². The Morgan fingerprint density at radius 3 is 2.53 bits per heavy atom. The van der Waals surface area contributed by atoms with Crippen molar-refractivity contribution in [3.8, 4) is 0 Å². The SMILES string of the molecule is COC1CCCC2(C)C(C(C)C)CCC12. The van der Waals surface area contributed by atoms with Gasteiger partial charge in [0.25, 0.3) is 0 Å². The number of hydrogen-bond acceptors (Lipinski definition) is 1. The van der Waals surface area contributed by atoms with Crippen LogP contribution in [0, 0.1) is 23.2 Å². The second kappa shape index (κ2) is 4.08. The van der Waals surface area contributed by atoms with Crippen molar-refractivity contribution >= 4 is 0 Å². The predicted molar refractivity (Wildman–Crippen MR) is 63.8 cm³/mol. The molecular formula is C14H26O. The average molecular weight is 210 g/mol. The molecule has 0 aromatic rings. The zero-order valence-electron chi connectivity index (χ0n) is 10.8. The van der Waals surface area contributed by atoms with Gasteiger partial charge in [0.05, 0.1) is 6.10 Å². The molecule has 2 rings (SSSR count). The van der Waals surface area contributed by atoms with E-state index in [1.165, 1.54) is 32.1 Å². The van der Waals surface area contributed by atoms with Crippen LogP contribution < -0.4 is 0 Å². The number of hydrogen-bond donors (Lipinski definition) is 0. The van der Waals surface area contributed by atoms with Crippen LogP contribution in [0.2, 0.25) is 0 Å². The first-order valence-corrected chi connectivity index (χ1v) is 6.62. The third kappa shape index (κ3) is 1.73. The number of rotatable bonds is 2.